The molecule has 0 aromatic carbocycles. The van der Waals surface area contributed by atoms with Gasteiger partial charge in [0.15, 0.2) is 0 Å². The Kier molecular flexibility index (Phi) is 4.00. The number of amides is 1. The van der Waals surface area contributed by atoms with Crippen LogP contribution in [0.25, 0.3) is 0 Å². The normalized spacial score (nSPS) is 20.4. The molecule has 0 bridgehead atoms. The molecule has 0 radical (unpaired) electrons. The van der Waals surface area contributed by atoms with E-state index in [0.717, 1.165) is 0 Å². The van der Waals surface area contributed by atoms with E-state index in [1.807, 2.05) is 11.9 Å². The van der Waals surface area contributed by atoms with E-state index >= 15 is 0 Å². The smallest absolute Gasteiger partial charge is 0.224 e. The number of hydrogen-bond acceptors (Lipinski definition) is 2. The molecule has 1 aliphatic rings. The standard InChI is InChI=1S/C13H26N2O/c1-9(13(2,3)4)15(5)12(16)8-11(14)10-6-7-10/h9-11H,6-8,14H2,1-5H3. The van der Waals surface area contributed by atoms with Gasteiger partial charge in [-0.3, -0.25) is 4.79 Å². The maximum Gasteiger partial charge on any atom is 0.224 e. The van der Waals surface area contributed by atoms with Crippen LogP contribution in [0.1, 0.15) is 47.0 Å². The van der Waals surface area contributed by atoms with Crippen LogP contribution < -0.4 is 5.73 Å². The SMILES string of the molecule is CC(N(C)C(=O)CC(N)C1CC1)C(C)(C)C. The third-order valence-corrected chi connectivity index (χ3v) is 3.87. The summed E-state index contributed by atoms with van der Waals surface area (Å²) in [5.41, 5.74) is 6.10. The average Bonchev–Trinajstić information content (AvgIpc) is 2.96. The van der Waals surface area contributed by atoms with Gasteiger partial charge in [-0.15, -0.1) is 0 Å². The van der Waals surface area contributed by atoms with Crippen LogP contribution in [-0.4, -0.2) is 29.9 Å². The Balaban J connectivity index is 2.46. The molecule has 1 fully saturated rings. The van der Waals surface area contributed by atoms with Crippen molar-refractivity contribution < 1.29 is 4.79 Å². The first-order valence-electron chi connectivity index (χ1n) is 6.24. The van der Waals surface area contributed by atoms with Gasteiger partial charge < -0.3 is 10.6 Å². The Bertz CT molecular complexity index is 253. The Labute approximate surface area is 99.4 Å². The lowest BCUT2D eigenvalue weighted by Gasteiger charge is -2.35. The second-order valence-electron chi connectivity index (χ2n) is 6.25. The van der Waals surface area contributed by atoms with E-state index in [2.05, 4.69) is 27.7 Å². The van der Waals surface area contributed by atoms with E-state index in [4.69, 9.17) is 5.73 Å². The van der Waals surface area contributed by atoms with Gasteiger partial charge in [0.05, 0.1) is 0 Å². The molecule has 2 unspecified atom stereocenters. The predicted molar refractivity (Wildman–Crippen MR) is 67.0 cm³/mol. The molecule has 1 rings (SSSR count). The van der Waals surface area contributed by atoms with Crippen LogP contribution in [0.4, 0.5) is 0 Å². The third kappa shape index (κ3) is 3.48. The van der Waals surface area contributed by atoms with Gasteiger partial charge in [-0.2, -0.15) is 0 Å². The summed E-state index contributed by atoms with van der Waals surface area (Å²) in [5.74, 6) is 0.782. The quantitative estimate of drug-likeness (QED) is 0.797. The molecule has 16 heavy (non-hydrogen) atoms. The van der Waals surface area contributed by atoms with Gasteiger partial charge in [0.25, 0.3) is 0 Å². The first kappa shape index (κ1) is 13.5. The molecule has 0 aromatic heterocycles. The molecule has 3 nitrogen and oxygen atoms in total. The summed E-state index contributed by atoms with van der Waals surface area (Å²) >= 11 is 0. The minimum Gasteiger partial charge on any atom is -0.342 e. The highest BCUT2D eigenvalue weighted by molar-refractivity contribution is 5.77. The van der Waals surface area contributed by atoms with Crippen LogP contribution in [0.3, 0.4) is 0 Å². The zero-order chi connectivity index (χ0) is 12.5. The molecule has 0 spiro atoms. The van der Waals surface area contributed by atoms with E-state index in [0.29, 0.717) is 12.3 Å². The lowest BCUT2D eigenvalue weighted by atomic mass is 9.87. The van der Waals surface area contributed by atoms with Crippen molar-refractivity contribution in [1.82, 2.24) is 4.90 Å². The van der Waals surface area contributed by atoms with Crippen LogP contribution in [0, 0.1) is 11.3 Å². The lowest BCUT2D eigenvalue weighted by Crippen LogP contribution is -2.44. The summed E-state index contributed by atoms with van der Waals surface area (Å²) in [7, 11) is 1.89. The van der Waals surface area contributed by atoms with Gasteiger partial charge in [-0.05, 0) is 31.1 Å². The summed E-state index contributed by atoms with van der Waals surface area (Å²) in [5, 5.41) is 0. The van der Waals surface area contributed by atoms with Crippen LogP contribution in [0.15, 0.2) is 0 Å². The highest BCUT2D eigenvalue weighted by atomic mass is 16.2. The zero-order valence-corrected chi connectivity index (χ0v) is 11.3. The van der Waals surface area contributed by atoms with Crippen molar-refractivity contribution >= 4 is 5.91 Å². The maximum absolute atomic E-state index is 12.0. The van der Waals surface area contributed by atoms with Gasteiger partial charge >= 0.3 is 0 Å². The van der Waals surface area contributed by atoms with Gasteiger partial charge in [0, 0.05) is 25.6 Å². The van der Waals surface area contributed by atoms with E-state index in [-0.39, 0.29) is 23.4 Å². The molecule has 1 aliphatic carbocycles. The number of carbonyl (C=O) groups is 1. The number of nitrogens with zero attached hydrogens (tertiary/aromatic N) is 1. The molecule has 0 aromatic rings. The largest absolute Gasteiger partial charge is 0.342 e. The topological polar surface area (TPSA) is 46.3 Å². The Morgan fingerprint density at radius 3 is 2.31 bits per heavy atom. The van der Waals surface area contributed by atoms with Crippen molar-refractivity contribution in [2.24, 2.45) is 17.1 Å². The first-order valence-corrected chi connectivity index (χ1v) is 6.24. The van der Waals surface area contributed by atoms with E-state index in [9.17, 15) is 4.79 Å². The molecule has 3 heteroatoms. The van der Waals surface area contributed by atoms with Gasteiger partial charge in [-0.25, -0.2) is 0 Å². The van der Waals surface area contributed by atoms with Crippen molar-refractivity contribution in [3.63, 3.8) is 0 Å². The summed E-state index contributed by atoms with van der Waals surface area (Å²) < 4.78 is 0. The number of nitrogens with two attached hydrogens (primary N) is 1. The summed E-state index contributed by atoms with van der Waals surface area (Å²) in [4.78, 5) is 13.9. The molecule has 0 saturated heterocycles. The predicted octanol–water partition coefficient (Wildman–Crippen LogP) is 2.01. The van der Waals surface area contributed by atoms with Crippen LogP contribution in [-0.2, 0) is 4.79 Å². The maximum atomic E-state index is 12.0. The molecule has 1 amide bonds. The Morgan fingerprint density at radius 2 is 1.94 bits per heavy atom. The minimum atomic E-state index is 0.0714. The molecule has 0 aliphatic heterocycles. The van der Waals surface area contributed by atoms with Gasteiger partial charge in [0.1, 0.15) is 0 Å². The number of rotatable bonds is 4. The van der Waals surface area contributed by atoms with Gasteiger partial charge in [0.2, 0.25) is 5.91 Å². The molecule has 94 valence electrons. The molecular formula is C13H26N2O. The minimum absolute atomic E-state index is 0.0714. The third-order valence-electron chi connectivity index (χ3n) is 3.87. The molecule has 2 atom stereocenters. The van der Waals surface area contributed by atoms with E-state index in [1.165, 1.54) is 12.8 Å². The van der Waals surface area contributed by atoms with Crippen LogP contribution in [0.5, 0.6) is 0 Å². The number of carbonyl (C=O) groups excluding carboxylic acids is 1. The summed E-state index contributed by atoms with van der Waals surface area (Å²) in [6.07, 6.45) is 2.90. The molecule has 2 N–H and O–H groups in total. The highest BCUT2D eigenvalue weighted by Crippen LogP contribution is 2.33. The Morgan fingerprint density at radius 1 is 1.44 bits per heavy atom. The average molecular weight is 226 g/mol. The fourth-order valence-corrected chi connectivity index (χ4v) is 1.83. The summed E-state index contributed by atoms with van der Waals surface area (Å²) in [6, 6.07) is 0.313. The summed E-state index contributed by atoms with van der Waals surface area (Å²) in [6.45, 7) is 8.56. The van der Waals surface area contributed by atoms with E-state index < -0.39 is 0 Å². The van der Waals surface area contributed by atoms with Crippen molar-refractivity contribution in [3.8, 4) is 0 Å². The second kappa shape index (κ2) is 4.74. The van der Waals surface area contributed by atoms with E-state index in [1.54, 1.807) is 0 Å². The van der Waals surface area contributed by atoms with Gasteiger partial charge in [-0.1, -0.05) is 20.8 Å². The molecular weight excluding hydrogens is 200 g/mol. The lowest BCUT2D eigenvalue weighted by molar-refractivity contribution is -0.134. The van der Waals surface area contributed by atoms with Crippen molar-refractivity contribution in [1.29, 1.82) is 0 Å². The first-order chi connectivity index (χ1) is 7.23. The van der Waals surface area contributed by atoms with Crippen LogP contribution >= 0.6 is 0 Å². The van der Waals surface area contributed by atoms with Crippen molar-refractivity contribution in [2.45, 2.75) is 59.0 Å². The monoisotopic (exact) mass is 226 g/mol. The zero-order valence-electron chi connectivity index (χ0n) is 11.3. The molecule has 0 heterocycles. The Hall–Kier alpha value is -0.570. The fourth-order valence-electron chi connectivity index (χ4n) is 1.83. The number of hydrogen-bond donors (Lipinski definition) is 1. The second-order valence-corrected chi connectivity index (χ2v) is 6.25. The highest BCUT2D eigenvalue weighted by Gasteiger charge is 2.32. The van der Waals surface area contributed by atoms with Crippen LogP contribution in [0.2, 0.25) is 0 Å². The fraction of sp³-hybridized carbons (Fsp3) is 0.923. The van der Waals surface area contributed by atoms with Crippen molar-refractivity contribution in [3.05, 3.63) is 0 Å². The van der Waals surface area contributed by atoms with Crippen molar-refractivity contribution in [2.75, 3.05) is 7.05 Å². The molecule has 1 saturated carbocycles.